The Hall–Kier alpha value is 0.365. The molecule has 0 aromatic carbocycles. The Morgan fingerprint density at radius 2 is 1.92 bits per heavy atom. The Labute approximate surface area is 155 Å². The largest absolute Gasteiger partial charge is 0.475 e. The van der Waals surface area contributed by atoms with E-state index in [1.54, 1.807) is 7.11 Å². The van der Waals surface area contributed by atoms with E-state index < -0.39 is 31.3 Å². The van der Waals surface area contributed by atoms with Gasteiger partial charge in [-0.05, 0) is 6.92 Å². The first-order chi connectivity index (χ1) is 11.8. The van der Waals surface area contributed by atoms with E-state index in [4.69, 9.17) is 40.4 Å². The van der Waals surface area contributed by atoms with Crippen LogP contribution in [0.2, 0.25) is 0 Å². The third kappa shape index (κ3) is 5.43. The lowest BCUT2D eigenvalue weighted by atomic mass is 9.95. The van der Waals surface area contributed by atoms with Crippen molar-refractivity contribution in [2.75, 3.05) is 34.5 Å². The third-order valence-electron chi connectivity index (χ3n) is 4.26. The Bertz CT molecular complexity index is 472. The minimum Gasteiger partial charge on any atom is -0.382 e. The molecule has 2 rings (SSSR count). The zero-order chi connectivity index (χ0) is 18.6. The van der Waals surface area contributed by atoms with E-state index in [2.05, 4.69) is 12.6 Å². The molecular formula is C14H26BO8PS. The van der Waals surface area contributed by atoms with Crippen LogP contribution >= 0.6 is 20.5 Å². The maximum Gasteiger partial charge on any atom is 0.475 e. The van der Waals surface area contributed by atoms with Gasteiger partial charge in [-0.1, -0.05) is 0 Å². The summed E-state index contributed by atoms with van der Waals surface area (Å²) in [6.07, 6.45) is -0.939. The van der Waals surface area contributed by atoms with E-state index in [1.807, 2.05) is 6.92 Å². The Balaban J connectivity index is 1.98. The number of hydrogen-bond donors (Lipinski definition) is 1. The number of rotatable bonds is 9. The fourth-order valence-electron chi connectivity index (χ4n) is 2.95. The van der Waals surface area contributed by atoms with Gasteiger partial charge in [0.1, 0.15) is 26.2 Å². The Kier molecular flexibility index (Phi) is 8.26. The van der Waals surface area contributed by atoms with Crippen LogP contribution in [0.1, 0.15) is 13.3 Å². The highest BCUT2D eigenvalue weighted by atomic mass is 32.1. The second kappa shape index (κ2) is 9.53. The van der Waals surface area contributed by atoms with Gasteiger partial charge in [0.05, 0.1) is 25.4 Å². The van der Waals surface area contributed by atoms with Crippen molar-refractivity contribution in [3.8, 4) is 0 Å². The number of methoxy groups -OCH3 is 2. The van der Waals surface area contributed by atoms with Gasteiger partial charge in [0, 0.05) is 39.0 Å². The van der Waals surface area contributed by atoms with Crippen molar-refractivity contribution in [1.82, 2.24) is 0 Å². The topological polar surface area (TPSA) is 81.7 Å². The van der Waals surface area contributed by atoms with Crippen LogP contribution in [-0.4, -0.2) is 84.2 Å². The maximum absolute atomic E-state index is 12.8. The number of ether oxygens (including phenoxy) is 4. The lowest BCUT2D eigenvalue weighted by Gasteiger charge is -2.26. The molecule has 0 saturated carbocycles. The summed E-state index contributed by atoms with van der Waals surface area (Å²) in [4.78, 5) is 0. The van der Waals surface area contributed by atoms with Crippen LogP contribution in [0.3, 0.4) is 0 Å². The predicted octanol–water partition coefficient (Wildman–Crippen LogP) is 1.17. The van der Waals surface area contributed by atoms with E-state index in [1.165, 1.54) is 14.2 Å². The normalized spacial score (nSPS) is 41.1. The second-order valence-electron chi connectivity index (χ2n) is 6.08. The first kappa shape index (κ1) is 21.7. The third-order valence-corrected chi connectivity index (χ3v) is 6.26. The molecule has 11 heteroatoms. The molecule has 2 saturated heterocycles. The van der Waals surface area contributed by atoms with Crippen molar-refractivity contribution in [3.05, 3.63) is 0 Å². The molecule has 2 heterocycles. The van der Waals surface area contributed by atoms with Gasteiger partial charge in [0.25, 0.3) is 0 Å². The molecule has 0 aromatic rings. The fraction of sp³-hybridized carbons (Fsp3) is 1.00. The molecule has 2 fully saturated rings. The highest BCUT2D eigenvalue weighted by molar-refractivity contribution is 7.81. The SMILES string of the molecule is [B][C@@H]1O[C@H](COC)[C@H](OP(=O)(OC)OC[C@H]2O[C@@H](C)C[C@H]2OC)C1S. The van der Waals surface area contributed by atoms with E-state index in [-0.39, 0.29) is 31.5 Å². The summed E-state index contributed by atoms with van der Waals surface area (Å²) in [5.74, 6) is 0. The first-order valence-corrected chi connectivity index (χ1v) is 10.1. The molecule has 0 aromatic heterocycles. The van der Waals surface area contributed by atoms with Gasteiger partial charge in [-0.3, -0.25) is 13.6 Å². The molecule has 0 N–H and O–H groups in total. The van der Waals surface area contributed by atoms with Gasteiger partial charge in [-0.15, -0.1) is 0 Å². The van der Waals surface area contributed by atoms with Crippen LogP contribution in [0.5, 0.6) is 0 Å². The fourth-order valence-corrected chi connectivity index (χ4v) is 4.52. The molecule has 144 valence electrons. The standard InChI is InChI=1S/C14H26BO8PS/c1-8-5-9(18-3)10(21-8)7-20-24(16,19-4)23-12-11(6-17-2)22-14(15)13(12)25/h8-14,25H,5-7H2,1-4H3/t8-,9+,10+,11+,12-,13?,14+,24?/m0/s1. The summed E-state index contributed by atoms with van der Waals surface area (Å²) < 4.78 is 50.6. The minimum absolute atomic E-state index is 0.0137. The monoisotopic (exact) mass is 396 g/mol. The summed E-state index contributed by atoms with van der Waals surface area (Å²) in [5, 5.41) is -0.498. The van der Waals surface area contributed by atoms with Gasteiger partial charge in [-0.2, -0.15) is 12.6 Å². The lowest BCUT2D eigenvalue weighted by molar-refractivity contribution is -0.0437. The molecule has 8 atom stereocenters. The Morgan fingerprint density at radius 3 is 2.52 bits per heavy atom. The summed E-state index contributed by atoms with van der Waals surface area (Å²) in [6, 6.07) is -0.671. The molecule has 0 spiro atoms. The first-order valence-electron chi connectivity index (χ1n) is 8.08. The highest BCUT2D eigenvalue weighted by Gasteiger charge is 2.46. The Morgan fingerprint density at radius 1 is 1.20 bits per heavy atom. The van der Waals surface area contributed by atoms with Crippen molar-refractivity contribution in [1.29, 1.82) is 0 Å². The van der Waals surface area contributed by atoms with Crippen LogP contribution < -0.4 is 0 Å². The zero-order valence-electron chi connectivity index (χ0n) is 14.9. The van der Waals surface area contributed by atoms with E-state index >= 15 is 0 Å². The highest BCUT2D eigenvalue weighted by Crippen LogP contribution is 2.52. The van der Waals surface area contributed by atoms with Gasteiger partial charge < -0.3 is 18.9 Å². The molecule has 2 radical (unpaired) electrons. The van der Waals surface area contributed by atoms with Crippen LogP contribution in [0.15, 0.2) is 0 Å². The zero-order valence-corrected chi connectivity index (χ0v) is 16.7. The predicted molar refractivity (Wildman–Crippen MR) is 94.3 cm³/mol. The van der Waals surface area contributed by atoms with Crippen molar-refractivity contribution in [2.24, 2.45) is 0 Å². The lowest BCUT2D eigenvalue weighted by Crippen LogP contribution is -2.34. The number of hydrogen-bond acceptors (Lipinski definition) is 9. The molecule has 2 unspecified atom stereocenters. The van der Waals surface area contributed by atoms with Gasteiger partial charge in [0.15, 0.2) is 0 Å². The number of thiol groups is 1. The average molecular weight is 396 g/mol. The molecule has 0 aliphatic carbocycles. The van der Waals surface area contributed by atoms with E-state index in [0.717, 1.165) is 6.42 Å². The van der Waals surface area contributed by atoms with Crippen LogP contribution in [0, 0.1) is 0 Å². The van der Waals surface area contributed by atoms with Gasteiger partial charge in [-0.25, -0.2) is 4.57 Å². The van der Waals surface area contributed by atoms with Crippen molar-refractivity contribution >= 4 is 28.3 Å². The van der Waals surface area contributed by atoms with Crippen molar-refractivity contribution in [3.63, 3.8) is 0 Å². The smallest absolute Gasteiger partial charge is 0.382 e. The second-order valence-corrected chi connectivity index (χ2v) is 8.40. The summed E-state index contributed by atoms with van der Waals surface area (Å²) in [6.45, 7) is 2.17. The molecule has 2 aliphatic heterocycles. The molecule has 0 amide bonds. The average Bonchev–Trinajstić information content (AvgIpc) is 3.08. The summed E-state index contributed by atoms with van der Waals surface area (Å²) in [7, 11) is 6.35. The maximum atomic E-state index is 12.8. The molecule has 2 aliphatic rings. The number of phosphoric ester groups is 1. The van der Waals surface area contributed by atoms with E-state index in [9.17, 15) is 4.57 Å². The molecule has 8 nitrogen and oxygen atoms in total. The number of phosphoric acid groups is 1. The van der Waals surface area contributed by atoms with Crippen LogP contribution in [0.4, 0.5) is 0 Å². The van der Waals surface area contributed by atoms with Crippen LogP contribution in [-0.2, 0) is 37.1 Å². The summed E-state index contributed by atoms with van der Waals surface area (Å²) >= 11 is 4.37. The molecule has 0 bridgehead atoms. The van der Waals surface area contributed by atoms with E-state index in [0.29, 0.717) is 0 Å². The van der Waals surface area contributed by atoms with Crippen LogP contribution in [0.25, 0.3) is 0 Å². The van der Waals surface area contributed by atoms with Gasteiger partial charge in [0.2, 0.25) is 0 Å². The summed E-state index contributed by atoms with van der Waals surface area (Å²) in [5.41, 5.74) is 0. The van der Waals surface area contributed by atoms with Crippen molar-refractivity contribution < 1.29 is 37.1 Å². The minimum atomic E-state index is -3.86. The van der Waals surface area contributed by atoms with Crippen molar-refractivity contribution in [2.45, 2.75) is 55.1 Å². The van der Waals surface area contributed by atoms with Gasteiger partial charge >= 0.3 is 7.82 Å². The molecule has 25 heavy (non-hydrogen) atoms. The molecular weight excluding hydrogens is 370 g/mol. The quantitative estimate of drug-likeness (QED) is 0.354.